The molecule has 0 aliphatic carbocycles. The predicted octanol–water partition coefficient (Wildman–Crippen LogP) is 2.25. The first kappa shape index (κ1) is 17.3. The molecular weight excluding hydrogens is 262 g/mol. The number of rotatable bonds is 7. The van der Waals surface area contributed by atoms with E-state index in [1.165, 1.54) is 18.4 Å². The lowest BCUT2D eigenvalue weighted by Gasteiger charge is -2.14. The lowest BCUT2D eigenvalue weighted by molar-refractivity contribution is 0.549. The molecule has 118 valence electrons. The molecule has 0 fully saturated rings. The maximum atomic E-state index is 4.32. The summed E-state index contributed by atoms with van der Waals surface area (Å²) >= 11 is 0. The van der Waals surface area contributed by atoms with Gasteiger partial charge in [-0.25, -0.2) is 4.98 Å². The number of nitrogens with zero attached hydrogens (tertiary/aromatic N) is 3. The van der Waals surface area contributed by atoms with Crippen LogP contribution >= 0.6 is 0 Å². The summed E-state index contributed by atoms with van der Waals surface area (Å²) in [6, 6.07) is 4.10. The molecule has 1 heterocycles. The van der Waals surface area contributed by atoms with Crippen LogP contribution in [0.5, 0.6) is 0 Å². The predicted molar refractivity (Wildman–Crippen MR) is 90.8 cm³/mol. The zero-order valence-corrected chi connectivity index (χ0v) is 14.0. The Labute approximate surface area is 128 Å². The van der Waals surface area contributed by atoms with E-state index in [2.05, 4.69) is 40.5 Å². The second-order valence-electron chi connectivity index (χ2n) is 5.81. The van der Waals surface area contributed by atoms with Gasteiger partial charge in [0.25, 0.3) is 0 Å². The van der Waals surface area contributed by atoms with Crippen LogP contribution in [0, 0.1) is 5.92 Å². The second-order valence-corrected chi connectivity index (χ2v) is 5.81. The molecule has 21 heavy (non-hydrogen) atoms. The summed E-state index contributed by atoms with van der Waals surface area (Å²) in [6.45, 7) is 6.20. The van der Waals surface area contributed by atoms with E-state index in [0.717, 1.165) is 30.8 Å². The van der Waals surface area contributed by atoms with Crippen LogP contribution in [0.25, 0.3) is 0 Å². The molecule has 1 rings (SSSR count). The van der Waals surface area contributed by atoms with Gasteiger partial charge in [-0.2, -0.15) is 0 Å². The van der Waals surface area contributed by atoms with Crippen LogP contribution in [0.4, 0.5) is 5.82 Å². The second kappa shape index (κ2) is 9.21. The Bertz CT molecular complexity index is 440. The van der Waals surface area contributed by atoms with E-state index in [0.29, 0.717) is 0 Å². The zero-order valence-electron chi connectivity index (χ0n) is 14.0. The normalized spacial score (nSPS) is 11.6. The number of hydrogen-bond donors (Lipinski definition) is 2. The molecule has 0 unspecified atom stereocenters. The smallest absolute Gasteiger partial charge is 0.191 e. The Hall–Kier alpha value is -1.78. The SMILES string of the molecule is CN=C(NCCCC(C)C)NCc1ccnc(N(C)C)c1. The summed E-state index contributed by atoms with van der Waals surface area (Å²) < 4.78 is 0. The van der Waals surface area contributed by atoms with Gasteiger partial charge in [0, 0.05) is 40.4 Å². The molecule has 1 aromatic rings. The quantitative estimate of drug-likeness (QED) is 0.459. The van der Waals surface area contributed by atoms with Crippen LogP contribution in [-0.2, 0) is 6.54 Å². The fourth-order valence-corrected chi connectivity index (χ4v) is 1.94. The van der Waals surface area contributed by atoms with Gasteiger partial charge in [0.15, 0.2) is 5.96 Å². The van der Waals surface area contributed by atoms with E-state index < -0.39 is 0 Å². The minimum absolute atomic E-state index is 0.743. The summed E-state index contributed by atoms with van der Waals surface area (Å²) in [5.41, 5.74) is 1.19. The van der Waals surface area contributed by atoms with Crippen molar-refractivity contribution in [3.8, 4) is 0 Å². The number of guanidine groups is 1. The monoisotopic (exact) mass is 291 g/mol. The Morgan fingerprint density at radius 3 is 2.71 bits per heavy atom. The first-order valence-corrected chi connectivity index (χ1v) is 7.59. The van der Waals surface area contributed by atoms with Crippen LogP contribution < -0.4 is 15.5 Å². The number of hydrogen-bond acceptors (Lipinski definition) is 3. The minimum Gasteiger partial charge on any atom is -0.363 e. The van der Waals surface area contributed by atoms with Crippen LogP contribution in [0.3, 0.4) is 0 Å². The maximum Gasteiger partial charge on any atom is 0.191 e. The molecule has 0 aliphatic rings. The number of anilines is 1. The minimum atomic E-state index is 0.743. The van der Waals surface area contributed by atoms with Crippen molar-refractivity contribution in [3.63, 3.8) is 0 Å². The highest BCUT2D eigenvalue weighted by Gasteiger charge is 2.01. The van der Waals surface area contributed by atoms with Crippen LogP contribution in [0.1, 0.15) is 32.3 Å². The van der Waals surface area contributed by atoms with Gasteiger partial charge in [-0.1, -0.05) is 13.8 Å². The number of aliphatic imine (C=N–C) groups is 1. The third-order valence-electron chi connectivity index (χ3n) is 3.20. The lowest BCUT2D eigenvalue weighted by atomic mass is 10.1. The molecule has 1 aromatic heterocycles. The van der Waals surface area contributed by atoms with E-state index in [1.807, 2.05) is 31.3 Å². The van der Waals surface area contributed by atoms with Gasteiger partial charge in [-0.3, -0.25) is 4.99 Å². The molecule has 2 N–H and O–H groups in total. The van der Waals surface area contributed by atoms with Gasteiger partial charge in [-0.15, -0.1) is 0 Å². The van der Waals surface area contributed by atoms with Crippen molar-refractivity contribution in [1.29, 1.82) is 0 Å². The van der Waals surface area contributed by atoms with Gasteiger partial charge in [0.05, 0.1) is 0 Å². The Kier molecular flexibility index (Phi) is 7.58. The molecule has 0 aliphatic heterocycles. The molecule has 0 saturated heterocycles. The van der Waals surface area contributed by atoms with E-state index in [4.69, 9.17) is 0 Å². The van der Waals surface area contributed by atoms with Crippen molar-refractivity contribution in [2.75, 3.05) is 32.6 Å². The number of nitrogens with one attached hydrogen (secondary N) is 2. The average Bonchev–Trinajstić information content (AvgIpc) is 2.46. The van der Waals surface area contributed by atoms with E-state index in [9.17, 15) is 0 Å². The molecule has 0 atom stereocenters. The van der Waals surface area contributed by atoms with Gasteiger partial charge in [0.2, 0.25) is 0 Å². The van der Waals surface area contributed by atoms with Crippen molar-refractivity contribution in [3.05, 3.63) is 23.9 Å². The largest absolute Gasteiger partial charge is 0.363 e. The van der Waals surface area contributed by atoms with E-state index in [-0.39, 0.29) is 0 Å². The molecule has 5 nitrogen and oxygen atoms in total. The molecule has 0 amide bonds. The summed E-state index contributed by atoms with van der Waals surface area (Å²) in [4.78, 5) is 10.6. The summed E-state index contributed by atoms with van der Waals surface area (Å²) in [5, 5.41) is 6.68. The van der Waals surface area contributed by atoms with Crippen molar-refractivity contribution in [2.45, 2.75) is 33.2 Å². The third kappa shape index (κ3) is 6.97. The molecule has 0 saturated carbocycles. The first-order chi connectivity index (χ1) is 10.0. The zero-order chi connectivity index (χ0) is 15.7. The highest BCUT2D eigenvalue weighted by molar-refractivity contribution is 5.79. The molecular formula is C16H29N5. The summed E-state index contributed by atoms with van der Waals surface area (Å²) in [6.07, 6.45) is 4.24. The highest BCUT2D eigenvalue weighted by atomic mass is 15.2. The van der Waals surface area contributed by atoms with Gasteiger partial charge >= 0.3 is 0 Å². The Balaban J connectivity index is 2.39. The van der Waals surface area contributed by atoms with Crippen LogP contribution in [0.15, 0.2) is 23.3 Å². The summed E-state index contributed by atoms with van der Waals surface area (Å²) in [5.74, 6) is 2.57. The molecule has 0 spiro atoms. The van der Waals surface area contributed by atoms with Gasteiger partial charge in [-0.05, 0) is 36.5 Å². The van der Waals surface area contributed by atoms with Crippen LogP contribution in [-0.4, -0.2) is 38.6 Å². The molecule has 0 aromatic carbocycles. The van der Waals surface area contributed by atoms with Crippen molar-refractivity contribution in [2.24, 2.45) is 10.9 Å². The topological polar surface area (TPSA) is 52.6 Å². The van der Waals surface area contributed by atoms with Crippen molar-refractivity contribution < 1.29 is 0 Å². The van der Waals surface area contributed by atoms with E-state index >= 15 is 0 Å². The number of pyridine rings is 1. The highest BCUT2D eigenvalue weighted by Crippen LogP contribution is 2.09. The fourth-order valence-electron chi connectivity index (χ4n) is 1.94. The first-order valence-electron chi connectivity index (χ1n) is 7.59. The molecule has 5 heteroatoms. The van der Waals surface area contributed by atoms with Crippen molar-refractivity contribution >= 4 is 11.8 Å². The van der Waals surface area contributed by atoms with Gasteiger partial charge < -0.3 is 15.5 Å². The third-order valence-corrected chi connectivity index (χ3v) is 3.20. The van der Waals surface area contributed by atoms with Gasteiger partial charge in [0.1, 0.15) is 5.82 Å². The Morgan fingerprint density at radius 1 is 1.33 bits per heavy atom. The fraction of sp³-hybridized carbons (Fsp3) is 0.625. The summed E-state index contributed by atoms with van der Waals surface area (Å²) in [7, 11) is 5.79. The molecule has 0 bridgehead atoms. The lowest BCUT2D eigenvalue weighted by Crippen LogP contribution is -2.37. The van der Waals surface area contributed by atoms with Crippen LogP contribution in [0.2, 0.25) is 0 Å². The Morgan fingerprint density at radius 2 is 2.10 bits per heavy atom. The number of aromatic nitrogens is 1. The average molecular weight is 291 g/mol. The maximum absolute atomic E-state index is 4.32. The molecule has 0 radical (unpaired) electrons. The van der Waals surface area contributed by atoms with Crippen molar-refractivity contribution in [1.82, 2.24) is 15.6 Å². The standard InChI is InChI=1S/C16H29N5/c1-13(2)7-6-9-19-16(17-3)20-12-14-8-10-18-15(11-14)21(4)5/h8,10-11,13H,6-7,9,12H2,1-5H3,(H2,17,19,20). The van der Waals surface area contributed by atoms with E-state index in [1.54, 1.807) is 7.05 Å².